The highest BCUT2D eigenvalue weighted by Crippen LogP contribution is 2.70. The fourth-order valence-corrected chi connectivity index (χ4v) is 7.92. The summed E-state index contributed by atoms with van der Waals surface area (Å²) in [6.45, 7) is 6.15. The molecule has 0 amide bonds. The summed E-state index contributed by atoms with van der Waals surface area (Å²) in [4.78, 5) is 12.0. The summed E-state index contributed by atoms with van der Waals surface area (Å²) in [5, 5.41) is 11.4. The maximum Gasteiger partial charge on any atom is 0.174 e. The number of ketones is 1. The molecule has 0 bridgehead atoms. The van der Waals surface area contributed by atoms with E-state index in [2.05, 4.69) is 13.8 Å². The zero-order chi connectivity index (χ0) is 17.5. The van der Waals surface area contributed by atoms with Crippen LogP contribution in [0.5, 0.6) is 0 Å². The molecule has 6 atom stereocenters. The number of fused-ring (bicyclic) bond motifs is 6. The van der Waals surface area contributed by atoms with Gasteiger partial charge in [0.05, 0.1) is 18.8 Å². The van der Waals surface area contributed by atoms with Crippen LogP contribution in [0.3, 0.4) is 0 Å². The number of rotatable bonds is 0. The van der Waals surface area contributed by atoms with E-state index in [9.17, 15) is 9.90 Å². The van der Waals surface area contributed by atoms with Gasteiger partial charge in [0.25, 0.3) is 0 Å². The van der Waals surface area contributed by atoms with Crippen molar-refractivity contribution in [3.8, 4) is 0 Å². The Kier molecular flexibility index (Phi) is 3.39. The Hall–Kier alpha value is -0.450. The first-order valence-corrected chi connectivity index (χ1v) is 10.4. The zero-order valence-electron chi connectivity index (χ0n) is 15.7. The Balaban J connectivity index is 1.49. The Morgan fingerprint density at radius 3 is 2.36 bits per heavy atom. The molecule has 0 unspecified atom stereocenters. The smallest absolute Gasteiger partial charge is 0.174 e. The van der Waals surface area contributed by atoms with Crippen LogP contribution in [-0.2, 0) is 14.3 Å². The quantitative estimate of drug-likeness (QED) is 0.728. The van der Waals surface area contributed by atoms with E-state index in [4.69, 9.17) is 9.47 Å². The van der Waals surface area contributed by atoms with Crippen LogP contribution in [0.4, 0.5) is 0 Å². The first-order valence-electron chi connectivity index (χ1n) is 10.4. The summed E-state index contributed by atoms with van der Waals surface area (Å²) in [7, 11) is 0. The van der Waals surface area contributed by atoms with Crippen LogP contribution in [0.25, 0.3) is 0 Å². The highest BCUT2D eigenvalue weighted by molar-refractivity contribution is 5.80. The summed E-state index contributed by atoms with van der Waals surface area (Å²) in [6, 6.07) is 0. The molecular weight excluding hydrogens is 316 g/mol. The molecule has 140 valence electrons. The summed E-state index contributed by atoms with van der Waals surface area (Å²) in [6.07, 6.45) is 8.22. The van der Waals surface area contributed by atoms with Gasteiger partial charge in [0.1, 0.15) is 5.78 Å². The van der Waals surface area contributed by atoms with Gasteiger partial charge >= 0.3 is 0 Å². The molecule has 1 aliphatic heterocycles. The normalized spacial score (nSPS) is 54.2. The van der Waals surface area contributed by atoms with Crippen molar-refractivity contribution >= 4 is 5.78 Å². The molecule has 1 heterocycles. The topological polar surface area (TPSA) is 55.8 Å². The number of carbonyl (C=O) groups excluding carboxylic acids is 1. The summed E-state index contributed by atoms with van der Waals surface area (Å²) in [5.41, 5.74) is -0.757. The van der Waals surface area contributed by atoms with E-state index >= 15 is 0 Å². The lowest BCUT2D eigenvalue weighted by atomic mass is 9.43. The first kappa shape index (κ1) is 16.7. The molecule has 1 N–H and O–H groups in total. The second-order valence-electron chi connectivity index (χ2n) is 10.0. The molecule has 5 rings (SSSR count). The fourth-order valence-electron chi connectivity index (χ4n) is 7.92. The lowest BCUT2D eigenvalue weighted by molar-refractivity contribution is -0.257. The summed E-state index contributed by atoms with van der Waals surface area (Å²) in [5.74, 6) is 1.72. The Labute approximate surface area is 150 Å². The lowest BCUT2D eigenvalue weighted by Gasteiger charge is -2.63. The third-order valence-electron chi connectivity index (χ3n) is 9.42. The van der Waals surface area contributed by atoms with E-state index in [0.717, 1.165) is 51.7 Å². The maximum atomic E-state index is 12.0. The van der Waals surface area contributed by atoms with Crippen molar-refractivity contribution in [2.75, 3.05) is 13.2 Å². The third-order valence-corrected chi connectivity index (χ3v) is 9.42. The van der Waals surface area contributed by atoms with Gasteiger partial charge in [0.15, 0.2) is 5.79 Å². The van der Waals surface area contributed by atoms with Gasteiger partial charge in [-0.05, 0) is 56.3 Å². The number of Topliss-reactive ketones (excluding diaryl/α,β-unsaturated/α-hetero) is 1. The van der Waals surface area contributed by atoms with Gasteiger partial charge in [-0.2, -0.15) is 0 Å². The average molecular weight is 348 g/mol. The van der Waals surface area contributed by atoms with Gasteiger partial charge in [0.2, 0.25) is 0 Å². The predicted octanol–water partition coefficient (Wildman–Crippen LogP) is 3.46. The molecule has 4 saturated carbocycles. The molecular formula is C21H32O4. The largest absolute Gasteiger partial charge is 0.389 e. The van der Waals surface area contributed by atoms with E-state index in [1.165, 1.54) is 6.42 Å². The van der Waals surface area contributed by atoms with E-state index in [1.54, 1.807) is 0 Å². The highest BCUT2D eigenvalue weighted by Gasteiger charge is 2.69. The number of hydrogen-bond donors (Lipinski definition) is 1. The molecule has 5 fully saturated rings. The third kappa shape index (κ3) is 1.92. The van der Waals surface area contributed by atoms with Gasteiger partial charge < -0.3 is 14.6 Å². The Morgan fingerprint density at radius 2 is 1.60 bits per heavy atom. The maximum absolute atomic E-state index is 12.0. The molecule has 0 aromatic carbocycles. The van der Waals surface area contributed by atoms with Gasteiger partial charge in [-0.3, -0.25) is 4.79 Å². The highest BCUT2D eigenvalue weighted by atomic mass is 16.7. The second kappa shape index (κ2) is 5.08. The van der Waals surface area contributed by atoms with Crippen LogP contribution in [0.15, 0.2) is 0 Å². The second-order valence-corrected chi connectivity index (χ2v) is 10.0. The predicted molar refractivity (Wildman–Crippen MR) is 92.8 cm³/mol. The van der Waals surface area contributed by atoms with E-state index in [0.29, 0.717) is 30.6 Å². The summed E-state index contributed by atoms with van der Waals surface area (Å²) >= 11 is 0. The first-order chi connectivity index (χ1) is 11.8. The fraction of sp³-hybridized carbons (Fsp3) is 0.952. The summed E-state index contributed by atoms with van der Waals surface area (Å²) < 4.78 is 12.4. The van der Waals surface area contributed by atoms with Gasteiger partial charge in [-0.15, -0.1) is 0 Å². The van der Waals surface area contributed by atoms with Crippen LogP contribution in [0.2, 0.25) is 0 Å². The van der Waals surface area contributed by atoms with Crippen LogP contribution >= 0.6 is 0 Å². The van der Waals surface area contributed by atoms with Crippen molar-refractivity contribution < 1.29 is 19.4 Å². The van der Waals surface area contributed by atoms with Crippen LogP contribution < -0.4 is 0 Å². The van der Waals surface area contributed by atoms with Crippen molar-refractivity contribution in [3.05, 3.63) is 0 Å². The Bertz CT molecular complexity index is 597. The zero-order valence-corrected chi connectivity index (χ0v) is 15.7. The van der Waals surface area contributed by atoms with Crippen molar-refractivity contribution in [1.29, 1.82) is 0 Å². The minimum absolute atomic E-state index is 0.0989. The monoisotopic (exact) mass is 348 g/mol. The molecule has 1 saturated heterocycles. The Morgan fingerprint density at radius 1 is 0.920 bits per heavy atom. The lowest BCUT2D eigenvalue weighted by Crippen LogP contribution is -2.63. The minimum atomic E-state index is -0.770. The van der Waals surface area contributed by atoms with Gasteiger partial charge in [0, 0.05) is 30.1 Å². The molecule has 25 heavy (non-hydrogen) atoms. The SMILES string of the molecule is C[C@]12CC[C@H]3[C@@H](CC[C@@]4(O)CC(=O)CC[C@]34C)[C@@H]1CCC21OCCO1. The number of hydrogen-bond acceptors (Lipinski definition) is 4. The molecule has 1 spiro atoms. The standard InChI is InChI=1S/C21H32O4/c1-18-7-3-14(22)13-20(18,23)9-4-15-16(18)5-8-19(2)17(15)6-10-21(19)24-11-12-25-21/h15-17,23H,3-13H2,1-2H3/t15-,16+,17+,18-,19+,20-/m1/s1. The molecule has 4 nitrogen and oxygen atoms in total. The van der Waals surface area contributed by atoms with E-state index < -0.39 is 5.60 Å². The van der Waals surface area contributed by atoms with Gasteiger partial charge in [-0.1, -0.05) is 13.8 Å². The van der Waals surface area contributed by atoms with Crippen LogP contribution in [0.1, 0.15) is 71.6 Å². The van der Waals surface area contributed by atoms with Crippen molar-refractivity contribution in [3.63, 3.8) is 0 Å². The van der Waals surface area contributed by atoms with Crippen molar-refractivity contribution in [2.24, 2.45) is 28.6 Å². The number of carbonyl (C=O) groups is 1. The molecule has 0 aromatic rings. The minimum Gasteiger partial charge on any atom is -0.389 e. The van der Waals surface area contributed by atoms with Gasteiger partial charge in [-0.25, -0.2) is 0 Å². The molecule has 4 aliphatic carbocycles. The van der Waals surface area contributed by atoms with Crippen LogP contribution in [0, 0.1) is 28.6 Å². The van der Waals surface area contributed by atoms with E-state index in [-0.39, 0.29) is 22.4 Å². The van der Waals surface area contributed by atoms with Crippen molar-refractivity contribution in [2.45, 2.75) is 83.0 Å². The molecule has 4 heteroatoms. The van der Waals surface area contributed by atoms with Crippen molar-refractivity contribution in [1.82, 2.24) is 0 Å². The van der Waals surface area contributed by atoms with E-state index in [1.807, 2.05) is 0 Å². The molecule has 0 radical (unpaired) electrons. The average Bonchev–Trinajstić information content (AvgIpc) is 3.16. The molecule has 0 aromatic heterocycles. The number of aliphatic hydroxyl groups is 1. The molecule has 5 aliphatic rings. The number of ether oxygens (including phenoxy) is 2. The van der Waals surface area contributed by atoms with Crippen LogP contribution in [-0.4, -0.2) is 35.5 Å².